The molecule has 0 aromatic heterocycles. The van der Waals surface area contributed by atoms with E-state index in [0.717, 1.165) is 37.9 Å². The average Bonchev–Trinajstić information content (AvgIpc) is 2.94. The minimum atomic E-state index is -0.732. The van der Waals surface area contributed by atoms with E-state index in [9.17, 15) is 14.0 Å². The maximum atomic E-state index is 13.3. The molecule has 0 saturated heterocycles. The largest absolute Gasteiger partial charge is 0.494 e. The molecule has 0 radical (unpaired) electrons. The molecule has 210 valence electrons. The Morgan fingerprint density at radius 2 is 1.16 bits per heavy atom. The summed E-state index contributed by atoms with van der Waals surface area (Å²) in [5.74, 6) is -0.0441. The van der Waals surface area contributed by atoms with Crippen molar-refractivity contribution in [2.24, 2.45) is 0 Å². The summed E-state index contributed by atoms with van der Waals surface area (Å²) in [7, 11) is 0. The molecule has 0 amide bonds. The molecule has 0 aliphatic carbocycles. The zero-order valence-electron chi connectivity index (χ0n) is 23.2. The summed E-state index contributed by atoms with van der Waals surface area (Å²) in [4.78, 5) is 24.9. The second-order valence-electron chi connectivity index (χ2n) is 9.79. The summed E-state index contributed by atoms with van der Waals surface area (Å²) in [6, 6.07) is 13.0. The second-order valence-corrected chi connectivity index (χ2v) is 9.79. The molecule has 5 nitrogen and oxygen atoms in total. The van der Waals surface area contributed by atoms with Gasteiger partial charge in [-0.15, -0.1) is 0 Å². The second kappa shape index (κ2) is 19.2. The zero-order chi connectivity index (χ0) is 27.4. The molecule has 0 aliphatic rings. The molecular weight excluding hydrogens is 483 g/mol. The lowest BCUT2D eigenvalue weighted by Gasteiger charge is -2.15. The Morgan fingerprint density at radius 1 is 0.658 bits per heavy atom. The Kier molecular flexibility index (Phi) is 15.8. The number of unbranched alkanes of at least 4 members (excludes halogenated alkanes) is 10. The van der Waals surface area contributed by atoms with Crippen LogP contribution in [0, 0.1) is 0 Å². The number of hydrogen-bond donors (Lipinski definition) is 0. The summed E-state index contributed by atoms with van der Waals surface area (Å²) < 4.78 is 29.9. The molecule has 2 aromatic carbocycles. The molecule has 0 heterocycles. The number of rotatable bonds is 20. The third kappa shape index (κ3) is 12.6. The maximum absolute atomic E-state index is 13.3. The van der Waals surface area contributed by atoms with Crippen LogP contribution in [0.2, 0.25) is 0 Å². The van der Waals surface area contributed by atoms with Gasteiger partial charge >= 0.3 is 11.9 Å². The van der Waals surface area contributed by atoms with Gasteiger partial charge in [0.2, 0.25) is 0 Å². The van der Waals surface area contributed by atoms with Crippen molar-refractivity contribution in [1.82, 2.24) is 0 Å². The number of alkyl halides is 1. The summed E-state index contributed by atoms with van der Waals surface area (Å²) >= 11 is 0. The van der Waals surface area contributed by atoms with Crippen molar-refractivity contribution < 1.29 is 28.2 Å². The number of carbonyl (C=O) groups excluding carboxylic acids is 2. The van der Waals surface area contributed by atoms with Crippen molar-refractivity contribution in [1.29, 1.82) is 0 Å². The molecule has 38 heavy (non-hydrogen) atoms. The maximum Gasteiger partial charge on any atom is 0.343 e. The first-order chi connectivity index (χ1) is 18.6. The number of carbonyl (C=O) groups is 2. The van der Waals surface area contributed by atoms with Crippen molar-refractivity contribution in [2.45, 2.75) is 103 Å². The molecule has 0 bridgehead atoms. The fraction of sp³-hybridized carbons (Fsp3) is 0.562. The van der Waals surface area contributed by atoms with E-state index in [1.807, 2.05) is 0 Å². The molecule has 2 aromatic rings. The molecule has 0 N–H and O–H groups in total. The van der Waals surface area contributed by atoms with Gasteiger partial charge in [0.25, 0.3) is 0 Å². The quantitative estimate of drug-likeness (QED) is 0.0975. The molecule has 0 fully saturated rings. The summed E-state index contributed by atoms with van der Waals surface area (Å²) in [6.07, 6.45) is 13.6. The molecule has 1 unspecified atom stereocenters. The van der Waals surface area contributed by atoms with Crippen LogP contribution in [0.4, 0.5) is 4.39 Å². The normalized spacial score (nSPS) is 11.7. The first kappa shape index (κ1) is 31.3. The third-order valence-corrected chi connectivity index (χ3v) is 6.48. The van der Waals surface area contributed by atoms with E-state index in [4.69, 9.17) is 14.2 Å². The van der Waals surface area contributed by atoms with Crippen LogP contribution in [-0.2, 0) is 4.74 Å². The molecule has 0 aliphatic heterocycles. The van der Waals surface area contributed by atoms with Gasteiger partial charge in [-0.2, -0.15) is 0 Å². The lowest BCUT2D eigenvalue weighted by Crippen LogP contribution is -2.20. The predicted molar refractivity (Wildman–Crippen MR) is 150 cm³/mol. The van der Waals surface area contributed by atoms with Gasteiger partial charge in [-0.05, 0) is 67.8 Å². The van der Waals surface area contributed by atoms with Crippen LogP contribution in [0.5, 0.6) is 11.5 Å². The van der Waals surface area contributed by atoms with Gasteiger partial charge in [-0.1, -0.05) is 78.1 Å². The predicted octanol–water partition coefficient (Wildman–Crippen LogP) is 8.89. The number of hydrogen-bond acceptors (Lipinski definition) is 5. The number of esters is 2. The molecule has 0 spiro atoms. The highest BCUT2D eigenvalue weighted by Crippen LogP contribution is 2.19. The third-order valence-electron chi connectivity index (χ3n) is 6.48. The molecule has 0 saturated carbocycles. The van der Waals surface area contributed by atoms with Crippen LogP contribution >= 0.6 is 0 Å². The number of halogens is 1. The highest BCUT2D eigenvalue weighted by molar-refractivity contribution is 5.92. The summed E-state index contributed by atoms with van der Waals surface area (Å²) in [5, 5.41) is 0. The van der Waals surface area contributed by atoms with E-state index >= 15 is 0 Å². The molecule has 2 rings (SSSR count). The molecule has 6 heteroatoms. The SMILES string of the molecule is CCCCCCCCOc1ccc(C(=O)Oc2ccc(C(=O)OC(CF)CCCCCCCC)cc2)cc1. The Hall–Kier alpha value is -2.89. The van der Waals surface area contributed by atoms with Crippen LogP contribution < -0.4 is 9.47 Å². The van der Waals surface area contributed by atoms with Crippen molar-refractivity contribution in [3.8, 4) is 11.5 Å². The number of benzene rings is 2. The van der Waals surface area contributed by atoms with E-state index in [2.05, 4.69) is 13.8 Å². The Balaban J connectivity index is 1.74. The lowest BCUT2D eigenvalue weighted by atomic mass is 10.1. The average molecular weight is 529 g/mol. The first-order valence-corrected chi connectivity index (χ1v) is 14.4. The van der Waals surface area contributed by atoms with E-state index in [-0.39, 0.29) is 5.56 Å². The Bertz CT molecular complexity index is 910. The van der Waals surface area contributed by atoms with E-state index in [0.29, 0.717) is 24.3 Å². The Labute approximate surface area is 228 Å². The summed E-state index contributed by atoms with van der Waals surface area (Å²) in [6.45, 7) is 4.34. The van der Waals surface area contributed by atoms with Gasteiger partial charge in [0, 0.05) is 0 Å². The molecule has 1 atom stereocenters. The minimum Gasteiger partial charge on any atom is -0.494 e. The minimum absolute atomic E-state index is 0.290. The van der Waals surface area contributed by atoms with Crippen molar-refractivity contribution in [3.05, 3.63) is 59.7 Å². The topological polar surface area (TPSA) is 61.8 Å². The van der Waals surface area contributed by atoms with Crippen LogP contribution in [0.1, 0.15) is 118 Å². The van der Waals surface area contributed by atoms with Crippen molar-refractivity contribution in [3.63, 3.8) is 0 Å². The lowest BCUT2D eigenvalue weighted by molar-refractivity contribution is 0.0211. The number of ether oxygens (including phenoxy) is 3. The van der Waals surface area contributed by atoms with Crippen LogP contribution in [-0.4, -0.2) is 31.3 Å². The highest BCUT2D eigenvalue weighted by Gasteiger charge is 2.16. The fourth-order valence-corrected chi connectivity index (χ4v) is 4.12. The fourth-order valence-electron chi connectivity index (χ4n) is 4.12. The van der Waals surface area contributed by atoms with Gasteiger partial charge in [-0.25, -0.2) is 14.0 Å². The van der Waals surface area contributed by atoms with Crippen LogP contribution in [0.3, 0.4) is 0 Å². The summed E-state index contributed by atoms with van der Waals surface area (Å²) in [5.41, 5.74) is 0.693. The van der Waals surface area contributed by atoms with Gasteiger partial charge in [0.1, 0.15) is 24.3 Å². The highest BCUT2D eigenvalue weighted by atomic mass is 19.1. The van der Waals surface area contributed by atoms with Crippen molar-refractivity contribution >= 4 is 11.9 Å². The van der Waals surface area contributed by atoms with E-state index in [1.54, 1.807) is 24.3 Å². The first-order valence-electron chi connectivity index (χ1n) is 14.4. The molecular formula is C32H45FO5. The van der Waals surface area contributed by atoms with Gasteiger partial charge < -0.3 is 14.2 Å². The van der Waals surface area contributed by atoms with E-state index in [1.165, 1.54) is 69.2 Å². The van der Waals surface area contributed by atoms with Crippen molar-refractivity contribution in [2.75, 3.05) is 13.3 Å². The van der Waals surface area contributed by atoms with Crippen LogP contribution in [0.15, 0.2) is 48.5 Å². The van der Waals surface area contributed by atoms with Gasteiger partial charge in [-0.3, -0.25) is 0 Å². The van der Waals surface area contributed by atoms with Crippen LogP contribution in [0.25, 0.3) is 0 Å². The zero-order valence-corrected chi connectivity index (χ0v) is 23.2. The van der Waals surface area contributed by atoms with Gasteiger partial charge in [0.15, 0.2) is 0 Å². The smallest absolute Gasteiger partial charge is 0.343 e. The Morgan fingerprint density at radius 3 is 1.74 bits per heavy atom. The van der Waals surface area contributed by atoms with E-state index < -0.39 is 24.7 Å². The monoisotopic (exact) mass is 528 g/mol. The standard InChI is InChI=1S/C32H45FO5/c1-3-5-7-9-11-13-15-30(25-33)38-32(35)27-18-22-29(23-19-27)37-31(34)26-16-20-28(21-17-26)36-24-14-12-10-8-6-4-2/h16-23,30H,3-15,24-25H2,1-2H3. The van der Waals surface area contributed by atoms with Gasteiger partial charge in [0.05, 0.1) is 17.7 Å².